The Kier molecular flexibility index (Phi) is 6.09. The minimum Gasteiger partial charge on any atom is -0.271 e. The molecule has 1 atom stereocenters. The molecule has 0 saturated heterocycles. The first-order chi connectivity index (χ1) is 8.02. The number of halogens is 2. The Hall–Kier alpha value is -0.450. The van der Waals surface area contributed by atoms with E-state index in [1.807, 2.05) is 6.07 Å². The van der Waals surface area contributed by atoms with Crippen LogP contribution in [-0.4, -0.2) is 0 Å². The van der Waals surface area contributed by atoms with Gasteiger partial charge in [0.15, 0.2) is 0 Å². The third kappa shape index (κ3) is 5.15. The fraction of sp³-hybridized carbons (Fsp3) is 0.538. The van der Waals surface area contributed by atoms with Crippen LogP contribution in [0.25, 0.3) is 0 Å². The molecule has 0 aromatic heterocycles. The van der Waals surface area contributed by atoms with E-state index in [-0.39, 0.29) is 11.9 Å². The van der Waals surface area contributed by atoms with Crippen molar-refractivity contribution >= 4 is 15.9 Å². The van der Waals surface area contributed by atoms with E-state index in [9.17, 15) is 4.39 Å². The van der Waals surface area contributed by atoms with Crippen LogP contribution >= 0.6 is 15.9 Å². The summed E-state index contributed by atoms with van der Waals surface area (Å²) in [6.07, 6.45) is 3.17. The van der Waals surface area contributed by atoms with Gasteiger partial charge in [-0.15, -0.1) is 0 Å². The average molecular weight is 303 g/mol. The van der Waals surface area contributed by atoms with Crippen molar-refractivity contribution in [2.75, 3.05) is 0 Å². The number of rotatable bonds is 6. The highest BCUT2D eigenvalue weighted by Gasteiger charge is 2.11. The molecule has 1 unspecified atom stereocenters. The van der Waals surface area contributed by atoms with Gasteiger partial charge in [0.2, 0.25) is 0 Å². The summed E-state index contributed by atoms with van der Waals surface area (Å²) in [6, 6.07) is 4.90. The molecule has 4 heteroatoms. The highest BCUT2D eigenvalue weighted by molar-refractivity contribution is 9.10. The Labute approximate surface area is 111 Å². The first kappa shape index (κ1) is 14.6. The summed E-state index contributed by atoms with van der Waals surface area (Å²) in [6.45, 7) is 4.40. The second-order valence-corrected chi connectivity index (χ2v) is 5.66. The SMILES string of the molecule is CC(C)CCCC(NN)c1cc(F)cc(Br)c1. The molecule has 17 heavy (non-hydrogen) atoms. The van der Waals surface area contributed by atoms with Gasteiger partial charge in [-0.05, 0) is 36.1 Å². The van der Waals surface area contributed by atoms with Crippen LogP contribution < -0.4 is 11.3 Å². The maximum absolute atomic E-state index is 13.3. The Morgan fingerprint density at radius 1 is 1.29 bits per heavy atom. The zero-order valence-corrected chi connectivity index (χ0v) is 11.9. The van der Waals surface area contributed by atoms with Gasteiger partial charge < -0.3 is 0 Å². The average Bonchev–Trinajstić information content (AvgIpc) is 2.22. The normalized spacial score (nSPS) is 13.1. The highest BCUT2D eigenvalue weighted by atomic mass is 79.9. The van der Waals surface area contributed by atoms with Crippen molar-refractivity contribution in [1.29, 1.82) is 0 Å². The lowest BCUT2D eigenvalue weighted by Gasteiger charge is -2.17. The van der Waals surface area contributed by atoms with Gasteiger partial charge in [0, 0.05) is 10.5 Å². The lowest BCUT2D eigenvalue weighted by atomic mass is 9.98. The molecule has 3 N–H and O–H groups in total. The van der Waals surface area contributed by atoms with E-state index in [0.717, 1.165) is 29.3 Å². The number of benzene rings is 1. The quantitative estimate of drug-likeness (QED) is 0.617. The summed E-state index contributed by atoms with van der Waals surface area (Å²) in [4.78, 5) is 0. The zero-order valence-electron chi connectivity index (χ0n) is 10.3. The molecule has 0 radical (unpaired) electrons. The Morgan fingerprint density at radius 3 is 2.53 bits per heavy atom. The molecule has 1 rings (SSSR count). The molecule has 0 bridgehead atoms. The first-order valence-electron chi connectivity index (χ1n) is 5.95. The lowest BCUT2D eigenvalue weighted by Crippen LogP contribution is -2.28. The van der Waals surface area contributed by atoms with Crippen LogP contribution in [0.5, 0.6) is 0 Å². The smallest absolute Gasteiger partial charge is 0.124 e. The molecule has 0 aliphatic carbocycles. The van der Waals surface area contributed by atoms with Crippen molar-refractivity contribution in [3.63, 3.8) is 0 Å². The monoisotopic (exact) mass is 302 g/mol. The van der Waals surface area contributed by atoms with Crippen molar-refractivity contribution in [3.8, 4) is 0 Å². The molecule has 0 amide bonds. The van der Waals surface area contributed by atoms with Gasteiger partial charge >= 0.3 is 0 Å². The van der Waals surface area contributed by atoms with Crippen molar-refractivity contribution in [1.82, 2.24) is 5.43 Å². The third-order valence-electron chi connectivity index (χ3n) is 2.76. The summed E-state index contributed by atoms with van der Waals surface area (Å²) in [5, 5.41) is 0. The van der Waals surface area contributed by atoms with Crippen LogP contribution in [0.15, 0.2) is 22.7 Å². The fourth-order valence-corrected chi connectivity index (χ4v) is 2.34. The third-order valence-corrected chi connectivity index (χ3v) is 3.22. The van der Waals surface area contributed by atoms with Crippen LogP contribution in [-0.2, 0) is 0 Å². The molecule has 96 valence electrons. The molecular weight excluding hydrogens is 283 g/mol. The van der Waals surface area contributed by atoms with Gasteiger partial charge in [-0.1, -0.05) is 42.6 Å². The molecule has 1 aromatic carbocycles. The molecule has 1 aromatic rings. The van der Waals surface area contributed by atoms with Crippen LogP contribution in [0.2, 0.25) is 0 Å². The van der Waals surface area contributed by atoms with E-state index in [2.05, 4.69) is 35.2 Å². The summed E-state index contributed by atoms with van der Waals surface area (Å²) >= 11 is 3.29. The van der Waals surface area contributed by atoms with Crippen molar-refractivity contribution in [2.45, 2.75) is 39.2 Å². The molecule has 0 heterocycles. The topological polar surface area (TPSA) is 38.0 Å². The molecule has 0 spiro atoms. The largest absolute Gasteiger partial charge is 0.271 e. The number of nitrogens with one attached hydrogen (secondary N) is 1. The summed E-state index contributed by atoms with van der Waals surface area (Å²) in [5.74, 6) is 5.98. The lowest BCUT2D eigenvalue weighted by molar-refractivity contribution is 0.453. The van der Waals surface area contributed by atoms with Crippen LogP contribution in [0.4, 0.5) is 4.39 Å². The summed E-state index contributed by atoms with van der Waals surface area (Å²) < 4.78 is 14.0. The molecule has 0 aliphatic heterocycles. The van der Waals surface area contributed by atoms with Crippen molar-refractivity contribution in [3.05, 3.63) is 34.1 Å². The van der Waals surface area contributed by atoms with Gasteiger partial charge in [0.05, 0.1) is 0 Å². The zero-order chi connectivity index (χ0) is 12.8. The van der Waals surface area contributed by atoms with E-state index in [1.54, 1.807) is 0 Å². The molecule has 0 aliphatic rings. The predicted molar refractivity (Wildman–Crippen MR) is 72.9 cm³/mol. The Balaban J connectivity index is 2.65. The van der Waals surface area contributed by atoms with Gasteiger partial charge in [-0.25, -0.2) is 4.39 Å². The van der Waals surface area contributed by atoms with E-state index in [4.69, 9.17) is 5.84 Å². The number of hydrogen-bond donors (Lipinski definition) is 2. The van der Waals surface area contributed by atoms with E-state index in [0.29, 0.717) is 5.92 Å². The van der Waals surface area contributed by atoms with Gasteiger partial charge in [0.25, 0.3) is 0 Å². The summed E-state index contributed by atoms with van der Waals surface area (Å²) in [7, 11) is 0. The second-order valence-electron chi connectivity index (χ2n) is 4.75. The van der Waals surface area contributed by atoms with E-state index in [1.165, 1.54) is 12.1 Å². The van der Waals surface area contributed by atoms with Crippen molar-refractivity contribution in [2.24, 2.45) is 11.8 Å². The number of hydrogen-bond acceptors (Lipinski definition) is 2. The maximum Gasteiger partial charge on any atom is 0.124 e. The predicted octanol–water partition coefficient (Wildman–Crippen LogP) is 3.92. The Morgan fingerprint density at radius 2 is 2.00 bits per heavy atom. The van der Waals surface area contributed by atoms with Crippen LogP contribution in [0.1, 0.15) is 44.7 Å². The number of nitrogens with two attached hydrogens (primary N) is 1. The number of hydrazine groups is 1. The van der Waals surface area contributed by atoms with Gasteiger partial charge in [-0.2, -0.15) is 0 Å². The van der Waals surface area contributed by atoms with Crippen LogP contribution in [0.3, 0.4) is 0 Å². The van der Waals surface area contributed by atoms with Gasteiger partial charge in [-0.3, -0.25) is 11.3 Å². The fourth-order valence-electron chi connectivity index (χ4n) is 1.85. The highest BCUT2D eigenvalue weighted by Crippen LogP contribution is 2.24. The molecular formula is C13H20BrFN2. The first-order valence-corrected chi connectivity index (χ1v) is 6.74. The molecule has 0 saturated carbocycles. The Bertz CT molecular complexity index is 335. The minimum absolute atomic E-state index is 0.0146. The standard InChI is InChI=1S/C13H20BrFN2/c1-9(2)4-3-5-13(17-16)10-6-11(14)8-12(15)7-10/h6-9,13,17H,3-5,16H2,1-2H3. The van der Waals surface area contributed by atoms with E-state index >= 15 is 0 Å². The molecule has 0 fully saturated rings. The maximum atomic E-state index is 13.3. The second kappa shape index (κ2) is 7.09. The van der Waals surface area contributed by atoms with Gasteiger partial charge in [0.1, 0.15) is 5.82 Å². The van der Waals surface area contributed by atoms with E-state index < -0.39 is 0 Å². The van der Waals surface area contributed by atoms with Crippen LogP contribution in [0, 0.1) is 11.7 Å². The summed E-state index contributed by atoms with van der Waals surface area (Å²) in [5.41, 5.74) is 3.65. The molecule has 2 nitrogen and oxygen atoms in total. The van der Waals surface area contributed by atoms with Crippen molar-refractivity contribution < 1.29 is 4.39 Å². The minimum atomic E-state index is -0.238.